The van der Waals surface area contributed by atoms with Crippen molar-refractivity contribution in [1.82, 2.24) is 10.7 Å². The van der Waals surface area contributed by atoms with Gasteiger partial charge in [0.15, 0.2) is 5.11 Å². The summed E-state index contributed by atoms with van der Waals surface area (Å²) in [6, 6.07) is 0. The maximum atomic E-state index is 5.36. The Morgan fingerprint density at radius 2 is 2.14 bits per heavy atom. The summed E-state index contributed by atoms with van der Waals surface area (Å²) < 4.78 is 5.36. The average molecular weight is 217 g/mol. The molecule has 82 valence electrons. The predicted octanol–water partition coefficient (Wildman–Crippen LogP) is 0.531. The van der Waals surface area contributed by atoms with Crippen molar-refractivity contribution in [1.29, 1.82) is 0 Å². The molecule has 0 aliphatic carbocycles. The quantitative estimate of drug-likeness (QED) is 0.366. The van der Waals surface area contributed by atoms with Gasteiger partial charge in [-0.1, -0.05) is 6.92 Å². The van der Waals surface area contributed by atoms with Gasteiger partial charge in [-0.05, 0) is 36.9 Å². The number of hydrogen-bond donors (Lipinski definition) is 3. The third-order valence-electron chi connectivity index (χ3n) is 3.06. The van der Waals surface area contributed by atoms with Gasteiger partial charge < -0.3 is 15.5 Å². The van der Waals surface area contributed by atoms with Crippen molar-refractivity contribution >= 4 is 17.3 Å². The second kappa shape index (κ2) is 5.48. The van der Waals surface area contributed by atoms with Crippen LogP contribution >= 0.6 is 12.2 Å². The number of rotatable bonds is 3. The highest BCUT2D eigenvalue weighted by Crippen LogP contribution is 2.32. The number of nitrogens with one attached hydrogen (secondary N) is 2. The smallest absolute Gasteiger partial charge is 0.180 e. The summed E-state index contributed by atoms with van der Waals surface area (Å²) in [6.45, 7) is 4.82. The molecular weight excluding hydrogens is 198 g/mol. The van der Waals surface area contributed by atoms with Gasteiger partial charge >= 0.3 is 0 Å². The maximum Gasteiger partial charge on any atom is 0.180 e. The van der Waals surface area contributed by atoms with E-state index in [2.05, 4.69) is 17.7 Å². The van der Waals surface area contributed by atoms with Crippen LogP contribution in [-0.4, -0.2) is 24.9 Å². The zero-order valence-corrected chi connectivity index (χ0v) is 9.45. The van der Waals surface area contributed by atoms with Crippen LogP contribution in [0.3, 0.4) is 0 Å². The van der Waals surface area contributed by atoms with Gasteiger partial charge in [0.1, 0.15) is 0 Å². The molecular formula is C9H19N3OS. The molecule has 1 rings (SSSR count). The summed E-state index contributed by atoms with van der Waals surface area (Å²) in [5, 5.41) is 3.65. The predicted molar refractivity (Wildman–Crippen MR) is 60.7 cm³/mol. The molecule has 1 aliphatic rings. The second-order valence-corrected chi connectivity index (χ2v) is 4.20. The van der Waals surface area contributed by atoms with Gasteiger partial charge in [-0.3, -0.25) is 0 Å². The van der Waals surface area contributed by atoms with Gasteiger partial charge in [-0.2, -0.15) is 0 Å². The Bertz CT molecular complexity index is 192. The van der Waals surface area contributed by atoms with Gasteiger partial charge in [-0.15, -0.1) is 0 Å². The molecule has 1 aliphatic heterocycles. The van der Waals surface area contributed by atoms with Crippen LogP contribution in [0.1, 0.15) is 26.2 Å². The van der Waals surface area contributed by atoms with Crippen LogP contribution in [0, 0.1) is 5.41 Å². The van der Waals surface area contributed by atoms with E-state index in [1.54, 1.807) is 0 Å². The van der Waals surface area contributed by atoms with Crippen LogP contribution in [0.25, 0.3) is 0 Å². The van der Waals surface area contributed by atoms with Crippen LogP contribution < -0.4 is 16.6 Å². The summed E-state index contributed by atoms with van der Waals surface area (Å²) >= 11 is 4.94. The lowest BCUT2D eigenvalue weighted by Gasteiger charge is -2.36. The Morgan fingerprint density at radius 1 is 1.50 bits per heavy atom. The Morgan fingerprint density at radius 3 is 2.64 bits per heavy atom. The monoisotopic (exact) mass is 217 g/mol. The number of hydrazine groups is 1. The summed E-state index contributed by atoms with van der Waals surface area (Å²) in [7, 11) is 0. The largest absolute Gasteiger partial charge is 0.381 e. The van der Waals surface area contributed by atoms with Crippen molar-refractivity contribution in [2.75, 3.05) is 19.8 Å². The minimum absolute atomic E-state index is 0.332. The number of ether oxygens (including phenoxy) is 1. The van der Waals surface area contributed by atoms with Crippen LogP contribution in [0.4, 0.5) is 0 Å². The van der Waals surface area contributed by atoms with Gasteiger partial charge in [-0.25, -0.2) is 5.84 Å². The minimum Gasteiger partial charge on any atom is -0.381 e. The molecule has 0 spiro atoms. The lowest BCUT2D eigenvalue weighted by Crippen LogP contribution is -2.46. The lowest BCUT2D eigenvalue weighted by atomic mass is 9.78. The van der Waals surface area contributed by atoms with E-state index >= 15 is 0 Å². The van der Waals surface area contributed by atoms with Crippen LogP contribution in [-0.2, 0) is 4.74 Å². The fourth-order valence-corrected chi connectivity index (χ4v) is 1.85. The molecule has 4 nitrogen and oxygen atoms in total. The van der Waals surface area contributed by atoms with Crippen molar-refractivity contribution < 1.29 is 4.74 Å². The molecule has 0 bridgehead atoms. The molecule has 0 aromatic carbocycles. The maximum absolute atomic E-state index is 5.36. The Balaban J connectivity index is 2.39. The molecule has 1 fully saturated rings. The highest BCUT2D eigenvalue weighted by Gasteiger charge is 2.30. The Hall–Kier alpha value is -0.390. The zero-order chi connectivity index (χ0) is 10.4. The summed E-state index contributed by atoms with van der Waals surface area (Å²) in [4.78, 5) is 0. The van der Waals surface area contributed by atoms with Crippen LogP contribution in [0.15, 0.2) is 0 Å². The second-order valence-electron chi connectivity index (χ2n) is 3.79. The van der Waals surface area contributed by atoms with Crippen molar-refractivity contribution in [2.24, 2.45) is 11.3 Å². The van der Waals surface area contributed by atoms with E-state index in [4.69, 9.17) is 22.8 Å². The number of nitrogens with two attached hydrogens (primary N) is 1. The van der Waals surface area contributed by atoms with Gasteiger partial charge in [0, 0.05) is 19.8 Å². The summed E-state index contributed by atoms with van der Waals surface area (Å²) in [5.41, 5.74) is 2.77. The van der Waals surface area contributed by atoms with Gasteiger partial charge in [0.25, 0.3) is 0 Å². The van der Waals surface area contributed by atoms with Crippen molar-refractivity contribution in [2.45, 2.75) is 26.2 Å². The summed E-state index contributed by atoms with van der Waals surface area (Å²) in [5.74, 6) is 5.19. The normalized spacial score (nSPS) is 20.1. The molecule has 0 radical (unpaired) electrons. The van der Waals surface area contributed by atoms with Crippen LogP contribution in [0.5, 0.6) is 0 Å². The molecule has 0 aromatic heterocycles. The van der Waals surface area contributed by atoms with Crippen molar-refractivity contribution in [3.05, 3.63) is 0 Å². The molecule has 14 heavy (non-hydrogen) atoms. The first-order valence-electron chi connectivity index (χ1n) is 5.05. The Kier molecular flexibility index (Phi) is 4.57. The van der Waals surface area contributed by atoms with Crippen molar-refractivity contribution in [3.63, 3.8) is 0 Å². The highest BCUT2D eigenvalue weighted by molar-refractivity contribution is 7.80. The topological polar surface area (TPSA) is 59.3 Å². The van der Waals surface area contributed by atoms with E-state index in [1.165, 1.54) is 0 Å². The van der Waals surface area contributed by atoms with E-state index in [0.717, 1.165) is 39.0 Å². The first kappa shape index (κ1) is 11.7. The fourth-order valence-electron chi connectivity index (χ4n) is 1.78. The fraction of sp³-hybridized carbons (Fsp3) is 0.889. The van der Waals surface area contributed by atoms with Crippen LogP contribution in [0.2, 0.25) is 0 Å². The van der Waals surface area contributed by atoms with E-state index in [1.807, 2.05) is 0 Å². The zero-order valence-electron chi connectivity index (χ0n) is 8.64. The number of thiocarbonyl (C=S) groups is 1. The number of hydrogen-bond acceptors (Lipinski definition) is 3. The molecule has 1 saturated heterocycles. The first-order valence-corrected chi connectivity index (χ1v) is 5.45. The summed E-state index contributed by atoms with van der Waals surface area (Å²) in [6.07, 6.45) is 3.35. The molecule has 4 N–H and O–H groups in total. The third-order valence-corrected chi connectivity index (χ3v) is 3.32. The standard InChI is InChI=1S/C9H19N3OS/c1-2-9(3-5-13-6-4-9)7-11-8(14)12-10/h2-7,10H2,1H3,(H2,11,12,14). The molecule has 0 amide bonds. The lowest BCUT2D eigenvalue weighted by molar-refractivity contribution is 0.0150. The van der Waals surface area contributed by atoms with E-state index in [-0.39, 0.29) is 0 Å². The van der Waals surface area contributed by atoms with Gasteiger partial charge in [0.05, 0.1) is 0 Å². The van der Waals surface area contributed by atoms with E-state index in [9.17, 15) is 0 Å². The van der Waals surface area contributed by atoms with E-state index in [0.29, 0.717) is 10.5 Å². The minimum atomic E-state index is 0.332. The van der Waals surface area contributed by atoms with Gasteiger partial charge in [0.2, 0.25) is 0 Å². The van der Waals surface area contributed by atoms with Crippen molar-refractivity contribution in [3.8, 4) is 0 Å². The highest BCUT2D eigenvalue weighted by atomic mass is 32.1. The third kappa shape index (κ3) is 3.08. The molecule has 0 saturated carbocycles. The SMILES string of the molecule is CCC1(CNC(=S)NN)CCOCC1. The molecule has 0 aromatic rings. The first-order chi connectivity index (χ1) is 6.72. The molecule has 0 unspecified atom stereocenters. The van der Waals surface area contributed by atoms with E-state index < -0.39 is 0 Å². The molecule has 1 heterocycles. The Labute approximate surface area is 90.5 Å². The molecule has 0 atom stereocenters. The average Bonchev–Trinajstić information content (AvgIpc) is 2.27. The molecule has 5 heteroatoms.